The Morgan fingerprint density at radius 1 is 0.944 bits per heavy atom. The van der Waals surface area contributed by atoms with Gasteiger partial charge in [0.15, 0.2) is 14.1 Å². The first-order valence-electron chi connectivity index (χ1n) is 13.5. The largest absolute Gasteiger partial charge is 0.544 e. The SMILES string of the molecule is CC[Si](CC)(CC)OC(Cc1c[nH]c2ccccc12)C(=O)Cc1ccc(O[Si](C)(C)C(C)(C)C)cc1. The van der Waals surface area contributed by atoms with Gasteiger partial charge in [-0.05, 0) is 65.6 Å². The Kier molecular flexibility index (Phi) is 9.07. The molecule has 2 aromatic carbocycles. The van der Waals surface area contributed by atoms with E-state index in [0.29, 0.717) is 12.8 Å². The summed E-state index contributed by atoms with van der Waals surface area (Å²) in [6.07, 6.45) is 2.58. The van der Waals surface area contributed by atoms with Gasteiger partial charge in [-0.2, -0.15) is 0 Å². The third-order valence-corrected chi connectivity index (χ3v) is 17.3. The zero-order chi connectivity index (χ0) is 26.6. The van der Waals surface area contributed by atoms with E-state index in [-0.39, 0.29) is 10.8 Å². The van der Waals surface area contributed by atoms with Gasteiger partial charge in [-0.1, -0.05) is 71.9 Å². The molecule has 1 aromatic heterocycles. The van der Waals surface area contributed by atoms with Crippen molar-refractivity contribution in [2.45, 2.75) is 96.8 Å². The molecule has 0 aliphatic carbocycles. The fraction of sp³-hybridized carbons (Fsp3) is 0.500. The van der Waals surface area contributed by atoms with E-state index in [2.05, 4.69) is 71.8 Å². The molecular weight excluding hydrogens is 479 g/mol. The number of ketones is 1. The van der Waals surface area contributed by atoms with Crippen molar-refractivity contribution in [3.05, 3.63) is 65.9 Å². The van der Waals surface area contributed by atoms with Crippen LogP contribution in [0.25, 0.3) is 10.9 Å². The summed E-state index contributed by atoms with van der Waals surface area (Å²) in [6, 6.07) is 19.5. The average Bonchev–Trinajstić information content (AvgIpc) is 3.25. The van der Waals surface area contributed by atoms with Gasteiger partial charge in [0.2, 0.25) is 8.32 Å². The predicted molar refractivity (Wildman–Crippen MR) is 157 cm³/mol. The molecule has 0 aliphatic heterocycles. The van der Waals surface area contributed by atoms with Crippen LogP contribution in [0.15, 0.2) is 54.7 Å². The molecule has 0 aliphatic rings. The van der Waals surface area contributed by atoms with E-state index in [1.54, 1.807) is 0 Å². The van der Waals surface area contributed by atoms with Crippen molar-refractivity contribution in [2.24, 2.45) is 0 Å². The summed E-state index contributed by atoms with van der Waals surface area (Å²) in [4.78, 5) is 17.1. The Hall–Kier alpha value is -2.16. The third kappa shape index (κ3) is 6.58. The van der Waals surface area contributed by atoms with Gasteiger partial charge in [0.1, 0.15) is 11.9 Å². The number of aromatic amines is 1. The monoisotopic (exact) mass is 523 g/mol. The molecule has 1 heterocycles. The minimum atomic E-state index is -1.96. The van der Waals surface area contributed by atoms with Crippen LogP contribution in [-0.2, 0) is 22.1 Å². The van der Waals surface area contributed by atoms with E-state index in [1.165, 1.54) is 5.39 Å². The van der Waals surface area contributed by atoms with Gasteiger partial charge < -0.3 is 13.8 Å². The fourth-order valence-corrected chi connectivity index (χ4v) is 8.31. The molecule has 0 saturated heterocycles. The van der Waals surface area contributed by atoms with Crippen LogP contribution in [0.3, 0.4) is 0 Å². The van der Waals surface area contributed by atoms with E-state index in [1.807, 2.05) is 42.6 Å². The summed E-state index contributed by atoms with van der Waals surface area (Å²) in [7, 11) is -3.86. The number of fused-ring (bicyclic) bond motifs is 1. The Bertz CT molecular complexity index is 1130. The molecule has 1 atom stereocenters. The molecule has 196 valence electrons. The molecule has 1 N–H and O–H groups in total. The Labute approximate surface area is 220 Å². The molecule has 0 radical (unpaired) electrons. The van der Waals surface area contributed by atoms with Crippen molar-refractivity contribution in [2.75, 3.05) is 0 Å². The lowest BCUT2D eigenvalue weighted by Gasteiger charge is -2.36. The minimum absolute atomic E-state index is 0.142. The summed E-state index contributed by atoms with van der Waals surface area (Å²) >= 11 is 0. The highest BCUT2D eigenvalue weighted by atomic mass is 28.4. The zero-order valence-corrected chi connectivity index (χ0v) is 25.5. The summed E-state index contributed by atoms with van der Waals surface area (Å²) in [5.41, 5.74) is 3.25. The number of Topliss-reactive ketones (excluding diaryl/α,β-unsaturated/α-hetero) is 1. The lowest BCUT2D eigenvalue weighted by atomic mass is 9.99. The number of nitrogens with one attached hydrogen (secondary N) is 1. The van der Waals surface area contributed by atoms with Crippen LogP contribution in [0.2, 0.25) is 36.3 Å². The number of hydrogen-bond acceptors (Lipinski definition) is 3. The van der Waals surface area contributed by atoms with Crippen molar-refractivity contribution < 1.29 is 13.6 Å². The normalized spacial score (nSPS) is 13.7. The van der Waals surface area contributed by atoms with Crippen LogP contribution in [0.4, 0.5) is 0 Å². The molecular formula is C30H45NO3Si2. The highest BCUT2D eigenvalue weighted by Crippen LogP contribution is 2.37. The van der Waals surface area contributed by atoms with Crippen molar-refractivity contribution >= 4 is 33.3 Å². The second-order valence-corrected chi connectivity index (χ2v) is 21.0. The van der Waals surface area contributed by atoms with Crippen molar-refractivity contribution in [3.63, 3.8) is 0 Å². The number of rotatable bonds is 12. The van der Waals surface area contributed by atoms with E-state index < -0.39 is 22.7 Å². The minimum Gasteiger partial charge on any atom is -0.544 e. The molecule has 3 rings (SSSR count). The van der Waals surface area contributed by atoms with Crippen molar-refractivity contribution in [1.29, 1.82) is 0 Å². The van der Waals surface area contributed by atoms with Gasteiger partial charge in [-0.15, -0.1) is 0 Å². The lowest BCUT2D eigenvalue weighted by Crippen LogP contribution is -2.44. The second-order valence-electron chi connectivity index (χ2n) is 11.6. The number of para-hydroxylation sites is 1. The maximum atomic E-state index is 13.7. The van der Waals surface area contributed by atoms with Crippen molar-refractivity contribution in [3.8, 4) is 5.75 Å². The van der Waals surface area contributed by atoms with E-state index in [4.69, 9.17) is 8.85 Å². The molecule has 36 heavy (non-hydrogen) atoms. The maximum Gasteiger partial charge on any atom is 0.250 e. The number of carbonyl (C=O) groups excluding carboxylic acids is 1. The Morgan fingerprint density at radius 3 is 2.14 bits per heavy atom. The van der Waals surface area contributed by atoms with Crippen LogP contribution in [0, 0.1) is 0 Å². The van der Waals surface area contributed by atoms with Crippen LogP contribution in [0.1, 0.15) is 52.7 Å². The molecule has 0 fully saturated rings. The van der Waals surface area contributed by atoms with Crippen LogP contribution >= 0.6 is 0 Å². The van der Waals surface area contributed by atoms with Crippen LogP contribution < -0.4 is 4.43 Å². The van der Waals surface area contributed by atoms with Crippen LogP contribution in [0.5, 0.6) is 5.75 Å². The van der Waals surface area contributed by atoms with E-state index in [9.17, 15) is 4.79 Å². The average molecular weight is 524 g/mol. The summed E-state index contributed by atoms with van der Waals surface area (Å²) in [5.74, 6) is 1.05. The van der Waals surface area contributed by atoms with E-state index in [0.717, 1.165) is 40.5 Å². The number of H-pyrrole nitrogens is 1. The highest BCUT2D eigenvalue weighted by molar-refractivity contribution is 6.74. The quantitative estimate of drug-likeness (QED) is 0.243. The predicted octanol–water partition coefficient (Wildman–Crippen LogP) is 8.30. The van der Waals surface area contributed by atoms with Gasteiger partial charge in [-0.25, -0.2) is 0 Å². The van der Waals surface area contributed by atoms with Gasteiger partial charge in [0.05, 0.1) is 0 Å². The summed E-state index contributed by atoms with van der Waals surface area (Å²) in [6.45, 7) is 17.9. The smallest absolute Gasteiger partial charge is 0.250 e. The van der Waals surface area contributed by atoms with Gasteiger partial charge in [0, 0.05) is 29.9 Å². The summed E-state index contributed by atoms with van der Waals surface area (Å²) < 4.78 is 13.3. The molecule has 0 saturated carbocycles. The number of hydrogen-bond donors (Lipinski definition) is 1. The van der Waals surface area contributed by atoms with E-state index >= 15 is 0 Å². The highest BCUT2D eigenvalue weighted by Gasteiger charge is 2.39. The standard InChI is InChI=1S/C30H45NO3Si2/c1-9-36(10-2,11-3)34-29(21-24-22-31-27-15-13-12-14-26(24)27)28(32)20-23-16-18-25(19-17-23)33-35(7,8)30(4,5)6/h12-19,22,29,31H,9-11,20-21H2,1-8H3. The van der Waals surface area contributed by atoms with Gasteiger partial charge >= 0.3 is 0 Å². The molecule has 4 nitrogen and oxygen atoms in total. The first-order valence-corrected chi connectivity index (χ1v) is 18.9. The lowest BCUT2D eigenvalue weighted by molar-refractivity contribution is -0.125. The number of carbonyl (C=O) groups is 1. The molecule has 0 amide bonds. The maximum absolute atomic E-state index is 13.7. The Balaban J connectivity index is 1.81. The fourth-order valence-electron chi connectivity index (χ4n) is 4.46. The summed E-state index contributed by atoms with van der Waals surface area (Å²) in [5, 5.41) is 1.31. The molecule has 6 heteroatoms. The topological polar surface area (TPSA) is 51.3 Å². The molecule has 0 bridgehead atoms. The Morgan fingerprint density at radius 2 is 1.56 bits per heavy atom. The molecule has 3 aromatic rings. The second kappa shape index (κ2) is 11.5. The number of aromatic nitrogens is 1. The third-order valence-electron chi connectivity index (χ3n) is 8.25. The first kappa shape index (κ1) is 28.4. The van der Waals surface area contributed by atoms with Gasteiger partial charge in [0.25, 0.3) is 0 Å². The number of benzene rings is 2. The van der Waals surface area contributed by atoms with Crippen molar-refractivity contribution in [1.82, 2.24) is 4.98 Å². The first-order chi connectivity index (χ1) is 16.9. The van der Waals surface area contributed by atoms with Gasteiger partial charge in [-0.3, -0.25) is 4.79 Å². The molecule has 1 unspecified atom stereocenters. The van der Waals surface area contributed by atoms with Crippen LogP contribution in [-0.4, -0.2) is 33.5 Å². The molecule has 0 spiro atoms. The zero-order valence-electron chi connectivity index (χ0n) is 23.5.